The Morgan fingerprint density at radius 2 is 1.52 bits per heavy atom. The lowest BCUT2D eigenvalue weighted by Gasteiger charge is -2.11. The lowest BCUT2D eigenvalue weighted by atomic mass is 10.2. The van der Waals surface area contributed by atoms with Crippen LogP contribution in [0.25, 0.3) is 0 Å². The highest BCUT2D eigenvalue weighted by Crippen LogP contribution is 2.29. The van der Waals surface area contributed by atoms with Gasteiger partial charge in [-0.25, -0.2) is 0 Å². The third-order valence-electron chi connectivity index (χ3n) is 3.69. The minimum Gasteiger partial charge on any atom is -0.358 e. The smallest absolute Gasteiger partial charge is 0.269 e. The third kappa shape index (κ3) is 5.80. The molecule has 0 heterocycles. The number of hydrogen-bond acceptors (Lipinski definition) is 4. The number of nitrogens with one attached hydrogen (secondary N) is 2. The number of hydrogen-bond donors (Lipinski definition) is 2. The van der Waals surface area contributed by atoms with Crippen LogP contribution >= 0.6 is 24.0 Å². The second-order valence-corrected chi connectivity index (χ2v) is 7.23. The third-order valence-corrected chi connectivity index (χ3v) is 4.95. The molecule has 7 heteroatoms. The average Bonchev–Trinajstić information content (AvgIpc) is 2.69. The SMILES string of the molecule is O=[N+]([O-])c1ccc(Sc2ccc(NC(=S)NCc3ccccc3)cc2)cc1. The van der Waals surface area contributed by atoms with Crippen molar-refractivity contribution in [3.05, 3.63) is 94.5 Å². The van der Waals surface area contributed by atoms with Crippen LogP contribution in [-0.4, -0.2) is 10.0 Å². The van der Waals surface area contributed by atoms with E-state index in [-0.39, 0.29) is 5.69 Å². The molecule has 136 valence electrons. The highest BCUT2D eigenvalue weighted by atomic mass is 32.2. The van der Waals surface area contributed by atoms with Crippen LogP contribution in [-0.2, 0) is 6.54 Å². The van der Waals surface area contributed by atoms with Gasteiger partial charge >= 0.3 is 0 Å². The fourth-order valence-corrected chi connectivity index (χ4v) is 3.34. The van der Waals surface area contributed by atoms with Crippen molar-refractivity contribution < 1.29 is 4.92 Å². The summed E-state index contributed by atoms with van der Waals surface area (Å²) in [6.07, 6.45) is 0. The van der Waals surface area contributed by atoms with Gasteiger partial charge in [0.1, 0.15) is 0 Å². The van der Waals surface area contributed by atoms with E-state index in [2.05, 4.69) is 10.6 Å². The second kappa shape index (κ2) is 9.16. The van der Waals surface area contributed by atoms with Crippen molar-refractivity contribution in [3.8, 4) is 0 Å². The first-order valence-electron chi connectivity index (χ1n) is 8.21. The summed E-state index contributed by atoms with van der Waals surface area (Å²) in [4.78, 5) is 12.3. The molecule has 0 aliphatic heterocycles. The van der Waals surface area contributed by atoms with Gasteiger partial charge in [0.15, 0.2) is 5.11 Å². The lowest BCUT2D eigenvalue weighted by Crippen LogP contribution is -2.27. The lowest BCUT2D eigenvalue weighted by molar-refractivity contribution is -0.384. The molecule has 0 aliphatic rings. The monoisotopic (exact) mass is 395 g/mol. The summed E-state index contributed by atoms with van der Waals surface area (Å²) in [7, 11) is 0. The predicted molar refractivity (Wildman–Crippen MR) is 113 cm³/mol. The number of rotatable bonds is 6. The van der Waals surface area contributed by atoms with E-state index in [9.17, 15) is 10.1 Å². The van der Waals surface area contributed by atoms with Crippen LogP contribution in [0.2, 0.25) is 0 Å². The number of nitro groups is 1. The number of nitrogens with zero attached hydrogens (tertiary/aromatic N) is 1. The van der Waals surface area contributed by atoms with E-state index in [1.54, 1.807) is 23.9 Å². The Morgan fingerprint density at radius 1 is 0.926 bits per heavy atom. The van der Waals surface area contributed by atoms with E-state index in [4.69, 9.17) is 12.2 Å². The minimum absolute atomic E-state index is 0.0930. The number of anilines is 1. The van der Waals surface area contributed by atoms with Gasteiger partial charge in [0.05, 0.1) is 4.92 Å². The van der Waals surface area contributed by atoms with Crippen LogP contribution in [0.15, 0.2) is 88.7 Å². The molecule has 27 heavy (non-hydrogen) atoms. The van der Waals surface area contributed by atoms with E-state index in [1.807, 2.05) is 54.6 Å². The van der Waals surface area contributed by atoms with Crippen molar-refractivity contribution in [1.29, 1.82) is 0 Å². The fourth-order valence-electron chi connectivity index (χ4n) is 2.33. The van der Waals surface area contributed by atoms with Crippen LogP contribution < -0.4 is 10.6 Å². The van der Waals surface area contributed by atoms with Gasteiger partial charge in [-0.05, 0) is 54.2 Å². The van der Waals surface area contributed by atoms with Crippen molar-refractivity contribution in [3.63, 3.8) is 0 Å². The fraction of sp³-hybridized carbons (Fsp3) is 0.0500. The molecule has 0 aromatic heterocycles. The Morgan fingerprint density at radius 3 is 2.11 bits per heavy atom. The number of nitro benzene ring substituents is 1. The summed E-state index contributed by atoms with van der Waals surface area (Å²) >= 11 is 6.87. The van der Waals surface area contributed by atoms with Crippen LogP contribution in [0.3, 0.4) is 0 Å². The molecule has 5 nitrogen and oxygen atoms in total. The highest BCUT2D eigenvalue weighted by molar-refractivity contribution is 7.99. The van der Waals surface area contributed by atoms with Crippen LogP contribution in [0.5, 0.6) is 0 Å². The van der Waals surface area contributed by atoms with Crippen molar-refractivity contribution >= 4 is 40.5 Å². The second-order valence-electron chi connectivity index (χ2n) is 5.67. The van der Waals surface area contributed by atoms with Gasteiger partial charge in [-0.3, -0.25) is 10.1 Å². The summed E-state index contributed by atoms with van der Waals surface area (Å²) in [6.45, 7) is 0.667. The topological polar surface area (TPSA) is 67.2 Å². The summed E-state index contributed by atoms with van der Waals surface area (Å²) in [5.41, 5.74) is 2.15. The Kier molecular flexibility index (Phi) is 6.40. The van der Waals surface area contributed by atoms with Crippen LogP contribution in [0.4, 0.5) is 11.4 Å². The molecule has 0 amide bonds. The molecule has 0 atom stereocenters. The van der Waals surface area contributed by atoms with E-state index >= 15 is 0 Å². The predicted octanol–water partition coefficient (Wildman–Crippen LogP) is 5.23. The molecule has 0 spiro atoms. The molecule has 0 bridgehead atoms. The van der Waals surface area contributed by atoms with E-state index in [1.165, 1.54) is 12.1 Å². The summed E-state index contributed by atoms with van der Waals surface area (Å²) < 4.78 is 0. The van der Waals surface area contributed by atoms with Gasteiger partial charge in [-0.15, -0.1) is 0 Å². The van der Waals surface area contributed by atoms with Crippen molar-refractivity contribution in [2.45, 2.75) is 16.3 Å². The molecule has 0 radical (unpaired) electrons. The number of benzene rings is 3. The van der Waals surface area contributed by atoms with Gasteiger partial charge in [0.25, 0.3) is 5.69 Å². The van der Waals surface area contributed by atoms with Gasteiger partial charge in [-0.2, -0.15) is 0 Å². The zero-order valence-electron chi connectivity index (χ0n) is 14.3. The maximum Gasteiger partial charge on any atom is 0.269 e. The maximum absolute atomic E-state index is 10.7. The highest BCUT2D eigenvalue weighted by Gasteiger charge is 2.05. The number of non-ortho nitro benzene ring substituents is 1. The van der Waals surface area contributed by atoms with Crippen LogP contribution in [0, 0.1) is 10.1 Å². The first kappa shape index (κ1) is 18.9. The average molecular weight is 396 g/mol. The van der Waals surface area contributed by atoms with Crippen molar-refractivity contribution in [2.75, 3.05) is 5.32 Å². The van der Waals surface area contributed by atoms with E-state index in [0.29, 0.717) is 11.7 Å². The van der Waals surface area contributed by atoms with Gasteiger partial charge in [0.2, 0.25) is 0 Å². The Labute approximate surface area is 167 Å². The summed E-state index contributed by atoms with van der Waals surface area (Å²) in [5.74, 6) is 0. The molecular formula is C20H17N3O2S2. The van der Waals surface area contributed by atoms with Gasteiger partial charge < -0.3 is 10.6 Å². The van der Waals surface area contributed by atoms with Gasteiger partial charge in [-0.1, -0.05) is 42.1 Å². The van der Waals surface area contributed by atoms with Crippen molar-refractivity contribution in [1.82, 2.24) is 5.32 Å². The molecule has 3 rings (SSSR count). The standard InChI is InChI=1S/C20H17N3O2S2/c24-23(25)17-8-12-19(13-9-17)27-18-10-6-16(7-11-18)22-20(26)21-14-15-4-2-1-3-5-15/h1-13H,14H2,(H2,21,22,26). The summed E-state index contributed by atoms with van der Waals surface area (Å²) in [6, 6.07) is 24.4. The van der Waals surface area contributed by atoms with E-state index < -0.39 is 4.92 Å². The zero-order chi connectivity index (χ0) is 19.1. The first-order chi connectivity index (χ1) is 13.1. The van der Waals surface area contributed by atoms with Crippen LogP contribution in [0.1, 0.15) is 5.56 Å². The molecule has 0 saturated carbocycles. The van der Waals surface area contributed by atoms with Gasteiger partial charge in [0, 0.05) is 34.2 Å². The molecule has 2 N–H and O–H groups in total. The van der Waals surface area contributed by atoms with Crippen molar-refractivity contribution in [2.24, 2.45) is 0 Å². The molecule has 3 aromatic rings. The maximum atomic E-state index is 10.7. The molecule has 0 aliphatic carbocycles. The quantitative estimate of drug-likeness (QED) is 0.338. The largest absolute Gasteiger partial charge is 0.358 e. The Bertz CT molecular complexity index is 914. The minimum atomic E-state index is -0.399. The molecule has 0 fully saturated rings. The molecular weight excluding hydrogens is 378 g/mol. The zero-order valence-corrected chi connectivity index (χ0v) is 15.9. The summed E-state index contributed by atoms with van der Waals surface area (Å²) in [5, 5.41) is 17.6. The first-order valence-corrected chi connectivity index (χ1v) is 9.44. The molecule has 0 unspecified atom stereocenters. The Balaban J connectivity index is 1.52. The normalized spacial score (nSPS) is 10.2. The molecule has 0 saturated heterocycles. The number of thiocarbonyl (C=S) groups is 1. The Hall–Kier alpha value is -2.90. The molecule has 3 aromatic carbocycles. The van der Waals surface area contributed by atoms with E-state index in [0.717, 1.165) is 21.0 Å².